The van der Waals surface area contributed by atoms with Gasteiger partial charge in [-0.3, -0.25) is 4.90 Å². The topological polar surface area (TPSA) is 36.4 Å². The van der Waals surface area contributed by atoms with Gasteiger partial charge >= 0.3 is 0 Å². The number of aryl methyl sites for hydroxylation is 2. The third kappa shape index (κ3) is 3.18. The normalized spacial score (nSPS) is 19.5. The largest absolute Gasteiger partial charge is 0.387 e. The summed E-state index contributed by atoms with van der Waals surface area (Å²) >= 11 is 1.82. The molecule has 1 aliphatic rings. The van der Waals surface area contributed by atoms with Crippen LogP contribution >= 0.6 is 11.3 Å². The fourth-order valence-electron chi connectivity index (χ4n) is 3.12. The number of rotatable bonds is 4. The molecule has 0 spiro atoms. The Morgan fingerprint density at radius 1 is 1.38 bits per heavy atom. The minimum absolute atomic E-state index is 0.401. The number of aliphatic hydroxyl groups excluding tert-OH is 1. The van der Waals surface area contributed by atoms with Gasteiger partial charge in [-0.2, -0.15) is 0 Å². The zero-order valence-corrected chi connectivity index (χ0v) is 13.4. The predicted molar refractivity (Wildman–Crippen MR) is 86.6 cm³/mol. The standard InChI is InChI=1S/C17H22N2OS/c1-12-18-14-9-6-10-15(17(14)21-12)19(2)11-16(20)13-7-4-3-5-8-13/h3-5,7-8,15-16,20H,6,9-11H2,1-2H3. The van der Waals surface area contributed by atoms with E-state index in [9.17, 15) is 5.11 Å². The van der Waals surface area contributed by atoms with Gasteiger partial charge in [0.05, 0.1) is 16.8 Å². The number of nitrogens with zero attached hydrogens (tertiary/aromatic N) is 2. The summed E-state index contributed by atoms with van der Waals surface area (Å²) < 4.78 is 0. The molecule has 1 heterocycles. The molecule has 3 rings (SSSR count). The number of hydrogen-bond donors (Lipinski definition) is 1. The average molecular weight is 302 g/mol. The van der Waals surface area contributed by atoms with Crippen molar-refractivity contribution in [2.24, 2.45) is 0 Å². The van der Waals surface area contributed by atoms with Crippen LogP contribution in [0.3, 0.4) is 0 Å². The van der Waals surface area contributed by atoms with Crippen LogP contribution < -0.4 is 0 Å². The Balaban J connectivity index is 1.73. The van der Waals surface area contributed by atoms with Crippen LogP contribution in [-0.4, -0.2) is 28.6 Å². The smallest absolute Gasteiger partial charge is 0.0917 e. The molecule has 2 aromatic rings. The fourth-order valence-corrected chi connectivity index (χ4v) is 4.29. The Hall–Kier alpha value is -1.23. The summed E-state index contributed by atoms with van der Waals surface area (Å²) in [4.78, 5) is 8.34. The maximum atomic E-state index is 10.4. The van der Waals surface area contributed by atoms with Crippen LogP contribution in [0.2, 0.25) is 0 Å². The van der Waals surface area contributed by atoms with E-state index in [0.717, 1.165) is 23.4 Å². The van der Waals surface area contributed by atoms with E-state index in [1.807, 2.05) is 41.7 Å². The molecule has 0 saturated heterocycles. The van der Waals surface area contributed by atoms with E-state index in [2.05, 4.69) is 23.9 Å². The molecule has 0 bridgehead atoms. The highest BCUT2D eigenvalue weighted by Gasteiger charge is 2.28. The zero-order valence-electron chi connectivity index (χ0n) is 12.6. The van der Waals surface area contributed by atoms with Crippen molar-refractivity contribution in [1.82, 2.24) is 9.88 Å². The summed E-state index contributed by atoms with van der Waals surface area (Å²) in [7, 11) is 2.11. The molecule has 0 aliphatic heterocycles. The van der Waals surface area contributed by atoms with Gasteiger partial charge in [0.2, 0.25) is 0 Å². The van der Waals surface area contributed by atoms with Crippen molar-refractivity contribution >= 4 is 11.3 Å². The minimum Gasteiger partial charge on any atom is -0.387 e. The zero-order chi connectivity index (χ0) is 14.8. The van der Waals surface area contributed by atoms with Gasteiger partial charge in [0, 0.05) is 17.5 Å². The number of fused-ring (bicyclic) bond motifs is 1. The molecule has 3 nitrogen and oxygen atoms in total. The van der Waals surface area contributed by atoms with E-state index >= 15 is 0 Å². The van der Waals surface area contributed by atoms with Crippen LogP contribution in [0.4, 0.5) is 0 Å². The molecule has 1 aromatic carbocycles. The lowest BCUT2D eigenvalue weighted by atomic mass is 9.96. The van der Waals surface area contributed by atoms with Crippen molar-refractivity contribution < 1.29 is 5.11 Å². The lowest BCUT2D eigenvalue weighted by molar-refractivity contribution is 0.0994. The van der Waals surface area contributed by atoms with Crippen molar-refractivity contribution in [2.45, 2.75) is 38.3 Å². The van der Waals surface area contributed by atoms with Crippen molar-refractivity contribution in [3.05, 3.63) is 51.5 Å². The molecule has 0 amide bonds. The van der Waals surface area contributed by atoms with Crippen LogP contribution in [0.1, 0.15) is 46.1 Å². The van der Waals surface area contributed by atoms with Crippen LogP contribution in [0.15, 0.2) is 30.3 Å². The number of thiazole rings is 1. The number of likely N-dealkylation sites (N-methyl/N-ethyl adjacent to an activating group) is 1. The van der Waals surface area contributed by atoms with Crippen LogP contribution in [0.25, 0.3) is 0 Å². The Bertz CT molecular complexity index is 596. The highest BCUT2D eigenvalue weighted by molar-refractivity contribution is 7.11. The first kappa shape index (κ1) is 14.7. The monoisotopic (exact) mass is 302 g/mol. The highest BCUT2D eigenvalue weighted by atomic mass is 32.1. The second kappa shape index (κ2) is 6.26. The molecular formula is C17H22N2OS. The third-order valence-corrected chi connectivity index (χ3v) is 5.32. The van der Waals surface area contributed by atoms with Gasteiger partial charge in [0.25, 0.3) is 0 Å². The van der Waals surface area contributed by atoms with Crippen LogP contribution in [-0.2, 0) is 6.42 Å². The van der Waals surface area contributed by atoms with Gasteiger partial charge in [-0.25, -0.2) is 4.98 Å². The Morgan fingerprint density at radius 3 is 2.90 bits per heavy atom. The van der Waals surface area contributed by atoms with Gasteiger partial charge in [-0.1, -0.05) is 30.3 Å². The third-order valence-electron chi connectivity index (χ3n) is 4.21. The van der Waals surface area contributed by atoms with Gasteiger partial charge in [0.15, 0.2) is 0 Å². The van der Waals surface area contributed by atoms with E-state index in [1.165, 1.54) is 17.0 Å². The van der Waals surface area contributed by atoms with E-state index in [0.29, 0.717) is 12.6 Å². The average Bonchev–Trinajstić information content (AvgIpc) is 2.87. The maximum Gasteiger partial charge on any atom is 0.0917 e. The molecule has 0 saturated carbocycles. The number of hydrogen-bond acceptors (Lipinski definition) is 4. The Kier molecular flexibility index (Phi) is 4.38. The molecular weight excluding hydrogens is 280 g/mol. The first-order chi connectivity index (χ1) is 10.1. The molecule has 1 aliphatic carbocycles. The van der Waals surface area contributed by atoms with Crippen molar-refractivity contribution in [1.29, 1.82) is 0 Å². The number of benzene rings is 1. The minimum atomic E-state index is -0.435. The number of aromatic nitrogens is 1. The van der Waals surface area contributed by atoms with Gasteiger partial charge < -0.3 is 5.11 Å². The van der Waals surface area contributed by atoms with E-state index in [1.54, 1.807) is 0 Å². The quantitative estimate of drug-likeness (QED) is 0.939. The molecule has 21 heavy (non-hydrogen) atoms. The summed E-state index contributed by atoms with van der Waals surface area (Å²) in [6, 6.07) is 10.3. The van der Waals surface area contributed by atoms with Crippen LogP contribution in [0.5, 0.6) is 0 Å². The second-order valence-corrected chi connectivity index (χ2v) is 7.05. The highest BCUT2D eigenvalue weighted by Crippen LogP contribution is 2.37. The van der Waals surface area contributed by atoms with Crippen molar-refractivity contribution in [3.63, 3.8) is 0 Å². The predicted octanol–water partition coefficient (Wildman–Crippen LogP) is 3.49. The summed E-state index contributed by atoms with van der Waals surface area (Å²) in [6.45, 7) is 2.74. The van der Waals surface area contributed by atoms with Crippen molar-refractivity contribution in [2.75, 3.05) is 13.6 Å². The van der Waals surface area contributed by atoms with E-state index in [4.69, 9.17) is 0 Å². The lowest BCUT2D eigenvalue weighted by Gasteiger charge is -2.32. The summed E-state index contributed by atoms with van der Waals surface area (Å²) in [5, 5.41) is 11.6. The molecule has 0 radical (unpaired) electrons. The van der Waals surface area contributed by atoms with E-state index < -0.39 is 6.10 Å². The molecule has 4 heteroatoms. The molecule has 2 unspecified atom stereocenters. The van der Waals surface area contributed by atoms with Crippen LogP contribution in [0, 0.1) is 6.92 Å². The molecule has 0 fully saturated rings. The van der Waals surface area contributed by atoms with Gasteiger partial charge in [-0.05, 0) is 38.8 Å². The maximum absolute atomic E-state index is 10.4. The molecule has 112 valence electrons. The van der Waals surface area contributed by atoms with Gasteiger partial charge in [-0.15, -0.1) is 11.3 Å². The van der Waals surface area contributed by atoms with E-state index in [-0.39, 0.29) is 0 Å². The summed E-state index contributed by atoms with van der Waals surface area (Å²) in [5.41, 5.74) is 2.26. The Labute approximate surface area is 130 Å². The molecule has 1 aromatic heterocycles. The Morgan fingerprint density at radius 2 is 2.14 bits per heavy atom. The fraction of sp³-hybridized carbons (Fsp3) is 0.471. The van der Waals surface area contributed by atoms with Gasteiger partial charge in [0.1, 0.15) is 0 Å². The number of aliphatic hydroxyl groups is 1. The first-order valence-corrected chi connectivity index (χ1v) is 8.36. The summed E-state index contributed by atoms with van der Waals surface area (Å²) in [5.74, 6) is 0. The first-order valence-electron chi connectivity index (χ1n) is 7.54. The summed E-state index contributed by atoms with van der Waals surface area (Å²) in [6.07, 6.45) is 3.01. The van der Waals surface area contributed by atoms with Crippen molar-refractivity contribution in [3.8, 4) is 0 Å². The SMILES string of the molecule is Cc1nc2c(s1)C(N(C)CC(O)c1ccccc1)CCC2. The molecule has 2 atom stereocenters. The molecule has 1 N–H and O–H groups in total. The second-order valence-electron chi connectivity index (χ2n) is 5.82. The lowest BCUT2D eigenvalue weighted by Crippen LogP contribution is -2.30.